The Balaban J connectivity index is 1.36. The summed E-state index contributed by atoms with van der Waals surface area (Å²) in [5, 5.41) is 9.96. The SMILES string of the molecule is CN(C)c1ccnc(N[C@H]2CC[C@@H](CNC(=O)NCc3ccccc3Cl)CC2)n1. The zero-order chi connectivity index (χ0) is 20.6. The highest BCUT2D eigenvalue weighted by Gasteiger charge is 2.22. The molecule has 0 unspecified atom stereocenters. The summed E-state index contributed by atoms with van der Waals surface area (Å²) >= 11 is 6.11. The van der Waals surface area contributed by atoms with Crippen LogP contribution in [-0.2, 0) is 6.54 Å². The minimum absolute atomic E-state index is 0.154. The third-order valence-corrected chi connectivity index (χ3v) is 5.60. The van der Waals surface area contributed by atoms with Crippen LogP contribution >= 0.6 is 11.6 Å². The molecule has 0 bridgehead atoms. The molecule has 1 aliphatic carbocycles. The molecule has 1 heterocycles. The average Bonchev–Trinajstić information content (AvgIpc) is 2.73. The molecule has 1 fully saturated rings. The molecular formula is C21H29ClN6O. The molecule has 1 aliphatic rings. The lowest BCUT2D eigenvalue weighted by molar-refractivity contribution is 0.235. The molecule has 1 aromatic heterocycles. The second kappa shape index (κ2) is 10.3. The van der Waals surface area contributed by atoms with Crippen LogP contribution in [0.1, 0.15) is 31.2 Å². The van der Waals surface area contributed by atoms with E-state index < -0.39 is 0 Å². The van der Waals surface area contributed by atoms with Gasteiger partial charge in [-0.25, -0.2) is 9.78 Å². The van der Waals surface area contributed by atoms with Crippen molar-refractivity contribution in [2.75, 3.05) is 30.9 Å². The lowest BCUT2D eigenvalue weighted by atomic mass is 9.86. The first-order valence-electron chi connectivity index (χ1n) is 10.0. The summed E-state index contributed by atoms with van der Waals surface area (Å²) < 4.78 is 0. The van der Waals surface area contributed by atoms with Crippen molar-refractivity contribution in [3.63, 3.8) is 0 Å². The third kappa shape index (κ3) is 6.49. The Morgan fingerprint density at radius 3 is 2.62 bits per heavy atom. The van der Waals surface area contributed by atoms with Crippen LogP contribution in [0.4, 0.5) is 16.6 Å². The molecule has 8 heteroatoms. The Labute approximate surface area is 177 Å². The van der Waals surface area contributed by atoms with Gasteiger partial charge in [-0.3, -0.25) is 0 Å². The number of nitrogens with one attached hydrogen (secondary N) is 3. The van der Waals surface area contributed by atoms with E-state index in [9.17, 15) is 4.79 Å². The predicted octanol–water partition coefficient (Wildman–Crippen LogP) is 3.67. The molecule has 1 aromatic carbocycles. The number of hydrogen-bond donors (Lipinski definition) is 3. The van der Waals surface area contributed by atoms with Crippen LogP contribution in [0.2, 0.25) is 5.02 Å². The molecule has 0 spiro atoms. The summed E-state index contributed by atoms with van der Waals surface area (Å²) in [4.78, 5) is 22.9. The largest absolute Gasteiger partial charge is 0.363 e. The van der Waals surface area contributed by atoms with Gasteiger partial charge < -0.3 is 20.9 Å². The van der Waals surface area contributed by atoms with Gasteiger partial charge >= 0.3 is 6.03 Å². The van der Waals surface area contributed by atoms with E-state index in [4.69, 9.17) is 11.6 Å². The maximum atomic E-state index is 12.1. The second-order valence-corrected chi connectivity index (χ2v) is 8.06. The zero-order valence-corrected chi connectivity index (χ0v) is 17.7. The summed E-state index contributed by atoms with van der Waals surface area (Å²) in [5.41, 5.74) is 0.913. The fraction of sp³-hybridized carbons (Fsp3) is 0.476. The van der Waals surface area contributed by atoms with Crippen LogP contribution in [-0.4, -0.2) is 42.7 Å². The van der Waals surface area contributed by atoms with Crippen molar-refractivity contribution >= 4 is 29.4 Å². The predicted molar refractivity (Wildman–Crippen MR) is 117 cm³/mol. The van der Waals surface area contributed by atoms with Crippen LogP contribution in [0.5, 0.6) is 0 Å². The van der Waals surface area contributed by atoms with E-state index in [1.54, 1.807) is 6.20 Å². The number of benzene rings is 1. The Kier molecular flexibility index (Phi) is 7.52. The standard InChI is InChI=1S/C21H29ClN6O/c1-28(2)19-11-12-23-20(27-19)26-17-9-7-15(8-10-17)13-24-21(29)25-14-16-5-3-4-6-18(16)22/h3-6,11-12,15,17H,7-10,13-14H2,1-2H3,(H,23,26,27)(H2,24,25,29)/t15-,17+. The van der Waals surface area contributed by atoms with E-state index in [0.717, 1.165) is 37.1 Å². The Hall–Kier alpha value is -2.54. The second-order valence-electron chi connectivity index (χ2n) is 7.65. The van der Waals surface area contributed by atoms with Crippen molar-refractivity contribution < 1.29 is 4.79 Å². The highest BCUT2D eigenvalue weighted by Crippen LogP contribution is 2.25. The summed E-state index contributed by atoms with van der Waals surface area (Å²) in [7, 11) is 3.93. The average molecular weight is 417 g/mol. The van der Waals surface area contributed by atoms with Gasteiger partial charge in [-0.1, -0.05) is 29.8 Å². The summed E-state index contributed by atoms with van der Waals surface area (Å²) in [6.45, 7) is 1.11. The van der Waals surface area contributed by atoms with Crippen molar-refractivity contribution in [2.24, 2.45) is 5.92 Å². The number of anilines is 2. The number of carbonyl (C=O) groups excluding carboxylic acids is 1. The number of carbonyl (C=O) groups is 1. The van der Waals surface area contributed by atoms with E-state index >= 15 is 0 Å². The summed E-state index contributed by atoms with van der Waals surface area (Å²) in [5.74, 6) is 2.06. The smallest absolute Gasteiger partial charge is 0.315 e. The molecule has 3 N–H and O–H groups in total. The van der Waals surface area contributed by atoms with Crippen LogP contribution in [0.15, 0.2) is 36.5 Å². The maximum Gasteiger partial charge on any atom is 0.315 e. The van der Waals surface area contributed by atoms with Crippen molar-refractivity contribution in [3.05, 3.63) is 47.1 Å². The number of halogens is 1. The zero-order valence-electron chi connectivity index (χ0n) is 17.0. The quantitative estimate of drug-likeness (QED) is 0.641. The van der Waals surface area contributed by atoms with Crippen LogP contribution in [0.25, 0.3) is 0 Å². The van der Waals surface area contributed by atoms with Gasteiger partial charge in [0.25, 0.3) is 0 Å². The van der Waals surface area contributed by atoms with Crippen molar-refractivity contribution in [1.82, 2.24) is 20.6 Å². The Bertz CT molecular complexity index is 807. The minimum Gasteiger partial charge on any atom is -0.363 e. The van der Waals surface area contributed by atoms with Gasteiger partial charge in [0.05, 0.1) is 0 Å². The van der Waals surface area contributed by atoms with Gasteiger partial charge in [0, 0.05) is 44.4 Å². The van der Waals surface area contributed by atoms with Gasteiger partial charge in [0.2, 0.25) is 5.95 Å². The number of aromatic nitrogens is 2. The lowest BCUT2D eigenvalue weighted by Gasteiger charge is -2.29. The van der Waals surface area contributed by atoms with E-state index in [1.165, 1.54) is 0 Å². The molecule has 0 saturated heterocycles. The van der Waals surface area contributed by atoms with Gasteiger partial charge in [0.15, 0.2) is 0 Å². The first kappa shape index (κ1) is 21.2. The van der Waals surface area contributed by atoms with Gasteiger partial charge in [-0.2, -0.15) is 4.98 Å². The molecule has 0 radical (unpaired) electrons. The number of nitrogens with zero attached hydrogens (tertiary/aromatic N) is 3. The topological polar surface area (TPSA) is 82.2 Å². The number of urea groups is 1. The minimum atomic E-state index is -0.154. The molecule has 0 aliphatic heterocycles. The van der Waals surface area contributed by atoms with Crippen molar-refractivity contribution in [1.29, 1.82) is 0 Å². The molecular weight excluding hydrogens is 388 g/mol. The fourth-order valence-corrected chi connectivity index (χ4v) is 3.68. The summed E-state index contributed by atoms with van der Waals surface area (Å²) in [6.07, 6.45) is 6.00. The molecule has 2 amide bonds. The fourth-order valence-electron chi connectivity index (χ4n) is 3.48. The lowest BCUT2D eigenvalue weighted by Crippen LogP contribution is -2.39. The molecule has 156 valence electrons. The molecule has 3 rings (SSSR count). The molecule has 0 atom stereocenters. The van der Waals surface area contributed by atoms with E-state index in [0.29, 0.717) is 36.0 Å². The summed E-state index contributed by atoms with van der Waals surface area (Å²) in [6, 6.07) is 9.64. The van der Waals surface area contributed by atoms with Crippen LogP contribution in [0, 0.1) is 5.92 Å². The van der Waals surface area contributed by atoms with Gasteiger partial charge in [-0.05, 0) is 49.3 Å². The Morgan fingerprint density at radius 2 is 1.90 bits per heavy atom. The van der Waals surface area contributed by atoms with Crippen LogP contribution < -0.4 is 20.9 Å². The highest BCUT2D eigenvalue weighted by atomic mass is 35.5. The van der Waals surface area contributed by atoms with Gasteiger partial charge in [0.1, 0.15) is 5.82 Å². The third-order valence-electron chi connectivity index (χ3n) is 5.23. The normalized spacial score (nSPS) is 18.7. The van der Waals surface area contributed by atoms with Crippen LogP contribution in [0.3, 0.4) is 0 Å². The van der Waals surface area contributed by atoms with Crippen molar-refractivity contribution in [3.8, 4) is 0 Å². The molecule has 29 heavy (non-hydrogen) atoms. The monoisotopic (exact) mass is 416 g/mol. The van der Waals surface area contributed by atoms with E-state index in [2.05, 4.69) is 25.9 Å². The Morgan fingerprint density at radius 1 is 1.14 bits per heavy atom. The maximum absolute atomic E-state index is 12.1. The van der Waals surface area contributed by atoms with Crippen molar-refractivity contribution in [2.45, 2.75) is 38.3 Å². The number of amides is 2. The van der Waals surface area contributed by atoms with E-state index in [-0.39, 0.29) is 6.03 Å². The number of rotatable bonds is 7. The van der Waals surface area contributed by atoms with Gasteiger partial charge in [-0.15, -0.1) is 0 Å². The van der Waals surface area contributed by atoms with E-state index in [1.807, 2.05) is 49.3 Å². The first-order chi connectivity index (χ1) is 14.0. The highest BCUT2D eigenvalue weighted by molar-refractivity contribution is 6.31. The molecule has 1 saturated carbocycles. The number of hydrogen-bond acceptors (Lipinski definition) is 5. The first-order valence-corrected chi connectivity index (χ1v) is 10.4. The molecule has 7 nitrogen and oxygen atoms in total. The molecule has 2 aromatic rings.